The molecule has 3 aromatic rings. The molecule has 0 saturated heterocycles. The lowest BCUT2D eigenvalue weighted by molar-refractivity contribution is -0.116. The molecule has 1 atom stereocenters. The van der Waals surface area contributed by atoms with Crippen LogP contribution in [0.15, 0.2) is 65.6 Å². The minimum atomic E-state index is -0.181. The van der Waals surface area contributed by atoms with E-state index in [0.29, 0.717) is 17.7 Å². The Kier molecular flexibility index (Phi) is 5.30. The molecule has 2 heterocycles. The average Bonchev–Trinajstić information content (AvgIpc) is 3.33. The van der Waals surface area contributed by atoms with Crippen molar-refractivity contribution in [1.82, 2.24) is 9.88 Å². The van der Waals surface area contributed by atoms with Gasteiger partial charge in [-0.25, -0.2) is 0 Å². The van der Waals surface area contributed by atoms with E-state index >= 15 is 0 Å². The summed E-state index contributed by atoms with van der Waals surface area (Å²) >= 11 is 1.61. The molecular formula is C19H19N3O2S. The molecule has 1 aromatic carbocycles. The van der Waals surface area contributed by atoms with Crippen molar-refractivity contribution in [2.24, 2.45) is 0 Å². The van der Waals surface area contributed by atoms with Crippen LogP contribution in [0.1, 0.15) is 28.4 Å². The van der Waals surface area contributed by atoms with Crippen LogP contribution in [0.5, 0.6) is 0 Å². The van der Waals surface area contributed by atoms with Gasteiger partial charge in [0.25, 0.3) is 5.91 Å². The molecule has 0 fully saturated rings. The average molecular weight is 353 g/mol. The fourth-order valence-electron chi connectivity index (χ4n) is 2.69. The van der Waals surface area contributed by atoms with Gasteiger partial charge in [0.15, 0.2) is 0 Å². The third-order valence-corrected chi connectivity index (χ3v) is 4.63. The minimum absolute atomic E-state index is 0.0524. The zero-order valence-electron chi connectivity index (χ0n) is 13.8. The van der Waals surface area contributed by atoms with Gasteiger partial charge in [0.1, 0.15) is 0 Å². The number of amides is 2. The van der Waals surface area contributed by atoms with Crippen LogP contribution in [0.4, 0.5) is 5.69 Å². The summed E-state index contributed by atoms with van der Waals surface area (Å²) in [6.07, 6.45) is 4.24. The van der Waals surface area contributed by atoms with Crippen LogP contribution in [0.25, 0.3) is 0 Å². The quantitative estimate of drug-likeness (QED) is 0.712. The maximum Gasteiger partial charge on any atom is 0.251 e. The largest absolute Gasteiger partial charge is 0.355 e. The monoisotopic (exact) mass is 353 g/mol. The number of hydrogen-bond acceptors (Lipinski definition) is 3. The van der Waals surface area contributed by atoms with E-state index in [1.165, 1.54) is 0 Å². The van der Waals surface area contributed by atoms with Crippen molar-refractivity contribution in [3.8, 4) is 0 Å². The third kappa shape index (κ3) is 4.16. The molecule has 0 bridgehead atoms. The first-order valence-corrected chi connectivity index (χ1v) is 8.88. The van der Waals surface area contributed by atoms with Crippen LogP contribution in [-0.2, 0) is 4.79 Å². The van der Waals surface area contributed by atoms with E-state index in [4.69, 9.17) is 0 Å². The van der Waals surface area contributed by atoms with Crippen LogP contribution in [-0.4, -0.2) is 23.4 Å². The predicted molar refractivity (Wildman–Crippen MR) is 100.0 cm³/mol. The highest BCUT2D eigenvalue weighted by molar-refractivity contribution is 7.08. The van der Waals surface area contributed by atoms with Gasteiger partial charge >= 0.3 is 0 Å². The lowest BCUT2D eigenvalue weighted by Crippen LogP contribution is -2.20. The Balaban J connectivity index is 1.73. The summed E-state index contributed by atoms with van der Waals surface area (Å²) in [5.41, 5.74) is 2.23. The van der Waals surface area contributed by atoms with Gasteiger partial charge in [-0.15, -0.1) is 0 Å². The number of thiophene rings is 1. The summed E-state index contributed by atoms with van der Waals surface area (Å²) in [6.45, 7) is 0. The lowest BCUT2D eigenvalue weighted by atomic mass is 10.1. The second kappa shape index (κ2) is 7.81. The van der Waals surface area contributed by atoms with Crippen molar-refractivity contribution >= 4 is 28.8 Å². The lowest BCUT2D eigenvalue weighted by Gasteiger charge is -2.18. The number of aromatic nitrogens is 1. The molecule has 128 valence electrons. The molecule has 2 N–H and O–H groups in total. The number of benzene rings is 1. The fraction of sp³-hybridized carbons (Fsp3) is 0.158. The van der Waals surface area contributed by atoms with Crippen LogP contribution < -0.4 is 10.6 Å². The number of anilines is 1. The van der Waals surface area contributed by atoms with Gasteiger partial charge in [-0.1, -0.05) is 6.07 Å². The molecule has 0 aliphatic heterocycles. The van der Waals surface area contributed by atoms with Crippen molar-refractivity contribution in [1.29, 1.82) is 0 Å². The SMILES string of the molecule is CNC(=O)c1cccc(NC(=O)CC(c2ccsc2)n2cccc2)c1. The van der Waals surface area contributed by atoms with Crippen molar-refractivity contribution < 1.29 is 9.59 Å². The summed E-state index contributed by atoms with van der Waals surface area (Å²) in [4.78, 5) is 24.3. The molecule has 1 unspecified atom stereocenters. The topological polar surface area (TPSA) is 63.1 Å². The van der Waals surface area contributed by atoms with Crippen LogP contribution in [0.3, 0.4) is 0 Å². The molecule has 0 saturated carbocycles. The molecule has 2 aromatic heterocycles. The Morgan fingerprint density at radius 1 is 1.16 bits per heavy atom. The van der Waals surface area contributed by atoms with Crippen molar-refractivity contribution in [2.75, 3.05) is 12.4 Å². The number of nitrogens with zero attached hydrogens (tertiary/aromatic N) is 1. The van der Waals surface area contributed by atoms with Gasteiger partial charge < -0.3 is 15.2 Å². The van der Waals surface area contributed by atoms with Crippen molar-refractivity contribution in [3.05, 3.63) is 76.7 Å². The van der Waals surface area contributed by atoms with Gasteiger partial charge in [0.2, 0.25) is 5.91 Å². The smallest absolute Gasteiger partial charge is 0.251 e. The first-order valence-electron chi connectivity index (χ1n) is 7.94. The zero-order valence-corrected chi connectivity index (χ0v) is 14.6. The summed E-state index contributed by atoms with van der Waals surface area (Å²) in [5.74, 6) is -0.279. The number of carbonyl (C=O) groups excluding carboxylic acids is 2. The van der Waals surface area contributed by atoms with Crippen LogP contribution in [0.2, 0.25) is 0 Å². The van der Waals surface area contributed by atoms with Crippen molar-refractivity contribution in [2.45, 2.75) is 12.5 Å². The summed E-state index contributed by atoms with van der Waals surface area (Å²) in [5, 5.41) is 9.53. The number of rotatable bonds is 6. The fourth-order valence-corrected chi connectivity index (χ4v) is 3.39. The molecule has 25 heavy (non-hydrogen) atoms. The van der Waals surface area contributed by atoms with E-state index in [2.05, 4.69) is 16.0 Å². The highest BCUT2D eigenvalue weighted by atomic mass is 32.1. The molecule has 0 spiro atoms. The second-order valence-corrected chi connectivity index (χ2v) is 6.39. The molecule has 0 radical (unpaired) electrons. The standard InChI is InChI=1S/C19H19N3O2S/c1-20-19(24)14-5-4-6-16(11-14)21-18(23)12-17(15-7-10-25-13-15)22-8-2-3-9-22/h2-11,13,17H,12H2,1H3,(H,20,24)(H,21,23). The Hall–Kier alpha value is -2.86. The molecular weight excluding hydrogens is 334 g/mol. The van der Waals surface area contributed by atoms with Crippen LogP contribution in [0, 0.1) is 0 Å². The van der Waals surface area contributed by atoms with Gasteiger partial charge in [0, 0.05) is 30.7 Å². The molecule has 6 heteroatoms. The minimum Gasteiger partial charge on any atom is -0.355 e. The third-order valence-electron chi connectivity index (χ3n) is 3.93. The molecule has 0 aliphatic rings. The molecule has 5 nitrogen and oxygen atoms in total. The number of hydrogen-bond donors (Lipinski definition) is 2. The molecule has 2 amide bonds. The number of nitrogens with one attached hydrogen (secondary N) is 2. The maximum absolute atomic E-state index is 12.5. The van der Waals surface area contributed by atoms with E-state index in [0.717, 1.165) is 5.56 Å². The van der Waals surface area contributed by atoms with Gasteiger partial charge in [0.05, 0.1) is 12.5 Å². The molecule has 3 rings (SSSR count). The zero-order chi connectivity index (χ0) is 17.6. The highest BCUT2D eigenvalue weighted by Crippen LogP contribution is 2.25. The molecule has 0 aliphatic carbocycles. The Bertz CT molecular complexity index is 807. The first-order chi connectivity index (χ1) is 12.2. The summed E-state index contributed by atoms with van der Waals surface area (Å²) < 4.78 is 2.03. The Morgan fingerprint density at radius 3 is 2.64 bits per heavy atom. The van der Waals surface area contributed by atoms with E-state index in [1.54, 1.807) is 42.6 Å². The predicted octanol–water partition coefficient (Wildman–Crippen LogP) is 3.53. The summed E-state index contributed by atoms with van der Waals surface area (Å²) in [6, 6.07) is 12.8. The Labute approximate surface area is 150 Å². The van der Waals surface area contributed by atoms with Gasteiger partial charge in [-0.05, 0) is 52.7 Å². The second-order valence-electron chi connectivity index (χ2n) is 5.61. The first kappa shape index (κ1) is 17.0. The van der Waals surface area contributed by atoms with E-state index in [-0.39, 0.29) is 17.9 Å². The van der Waals surface area contributed by atoms with Gasteiger partial charge in [-0.2, -0.15) is 11.3 Å². The van der Waals surface area contributed by atoms with E-state index in [1.807, 2.05) is 40.5 Å². The van der Waals surface area contributed by atoms with E-state index < -0.39 is 0 Å². The summed E-state index contributed by atoms with van der Waals surface area (Å²) in [7, 11) is 1.58. The Morgan fingerprint density at radius 2 is 1.96 bits per heavy atom. The van der Waals surface area contributed by atoms with Gasteiger partial charge in [-0.3, -0.25) is 9.59 Å². The highest BCUT2D eigenvalue weighted by Gasteiger charge is 2.18. The van der Waals surface area contributed by atoms with E-state index in [9.17, 15) is 9.59 Å². The maximum atomic E-state index is 12.5. The van der Waals surface area contributed by atoms with Crippen LogP contribution >= 0.6 is 11.3 Å². The van der Waals surface area contributed by atoms with Crippen molar-refractivity contribution in [3.63, 3.8) is 0 Å². The number of carbonyl (C=O) groups is 2. The normalized spacial score (nSPS) is 11.7.